The van der Waals surface area contributed by atoms with E-state index in [2.05, 4.69) is 15.1 Å². The van der Waals surface area contributed by atoms with Gasteiger partial charge < -0.3 is 10.6 Å². The number of amides is 1. The molecule has 0 aromatic carbocycles. The van der Waals surface area contributed by atoms with Gasteiger partial charge in [0.25, 0.3) is 5.91 Å². The third-order valence-electron chi connectivity index (χ3n) is 2.38. The number of aromatic nitrogens is 4. The van der Waals surface area contributed by atoms with Crippen LogP contribution < -0.4 is 5.73 Å². The molecule has 0 atom stereocenters. The van der Waals surface area contributed by atoms with E-state index >= 15 is 0 Å². The number of rotatable bonds is 3. The van der Waals surface area contributed by atoms with Gasteiger partial charge in [-0.1, -0.05) is 0 Å². The quantitative estimate of drug-likeness (QED) is 0.811. The van der Waals surface area contributed by atoms with Crippen molar-refractivity contribution < 1.29 is 4.79 Å². The molecule has 7 heteroatoms. The number of nitrogens with two attached hydrogens (primary N) is 1. The van der Waals surface area contributed by atoms with Crippen LogP contribution in [-0.4, -0.2) is 44.7 Å². The summed E-state index contributed by atoms with van der Waals surface area (Å²) in [4.78, 5) is 21.5. The van der Waals surface area contributed by atoms with E-state index in [0.717, 1.165) is 0 Å². The topological polar surface area (TPSA) is 89.9 Å². The fourth-order valence-electron chi connectivity index (χ4n) is 1.48. The molecular weight excluding hydrogens is 232 g/mol. The number of carbonyl (C=O) groups excluding carboxylic acids is 1. The van der Waals surface area contributed by atoms with Crippen LogP contribution in [0.4, 0.5) is 0 Å². The largest absolute Gasteiger partial charge is 0.343 e. The smallest absolute Gasteiger partial charge is 0.273 e. The SMILES string of the molecule is CN(C)C(=O)c1ccn(-c2nccnc2CN)n1. The van der Waals surface area contributed by atoms with Gasteiger partial charge >= 0.3 is 0 Å². The number of hydrogen-bond donors (Lipinski definition) is 1. The summed E-state index contributed by atoms with van der Waals surface area (Å²) < 4.78 is 1.51. The van der Waals surface area contributed by atoms with Gasteiger partial charge in [-0.05, 0) is 6.07 Å². The first-order valence-electron chi connectivity index (χ1n) is 5.41. The zero-order chi connectivity index (χ0) is 13.1. The van der Waals surface area contributed by atoms with Crippen LogP contribution in [0.15, 0.2) is 24.7 Å². The molecule has 0 aliphatic heterocycles. The molecule has 0 spiro atoms. The molecule has 0 aliphatic rings. The Balaban J connectivity index is 2.38. The van der Waals surface area contributed by atoms with Crippen LogP contribution >= 0.6 is 0 Å². The Hall–Kier alpha value is -2.28. The first-order chi connectivity index (χ1) is 8.63. The summed E-state index contributed by atoms with van der Waals surface area (Å²) in [5.74, 6) is 0.379. The minimum atomic E-state index is -0.160. The average Bonchev–Trinajstić information content (AvgIpc) is 2.87. The Morgan fingerprint density at radius 2 is 2.11 bits per heavy atom. The summed E-state index contributed by atoms with van der Waals surface area (Å²) in [6.07, 6.45) is 4.80. The molecule has 94 valence electrons. The second kappa shape index (κ2) is 4.92. The van der Waals surface area contributed by atoms with Gasteiger partial charge in [0, 0.05) is 39.2 Å². The lowest BCUT2D eigenvalue weighted by Gasteiger charge is -2.07. The van der Waals surface area contributed by atoms with Crippen LogP contribution in [0.5, 0.6) is 0 Å². The van der Waals surface area contributed by atoms with Gasteiger partial charge in [0.15, 0.2) is 11.5 Å². The van der Waals surface area contributed by atoms with Crippen molar-refractivity contribution >= 4 is 5.91 Å². The van der Waals surface area contributed by atoms with Gasteiger partial charge in [0.2, 0.25) is 0 Å². The van der Waals surface area contributed by atoms with Crippen molar-refractivity contribution in [2.75, 3.05) is 14.1 Å². The zero-order valence-corrected chi connectivity index (χ0v) is 10.2. The maximum atomic E-state index is 11.7. The van der Waals surface area contributed by atoms with Gasteiger partial charge in [-0.2, -0.15) is 5.10 Å². The van der Waals surface area contributed by atoms with Crippen LogP contribution in [-0.2, 0) is 6.54 Å². The minimum absolute atomic E-state index is 0.160. The molecule has 0 bridgehead atoms. The average molecular weight is 246 g/mol. The Morgan fingerprint density at radius 1 is 1.39 bits per heavy atom. The van der Waals surface area contributed by atoms with Gasteiger partial charge in [-0.3, -0.25) is 9.78 Å². The molecule has 2 heterocycles. The molecule has 0 radical (unpaired) electrons. The van der Waals surface area contributed by atoms with Crippen molar-refractivity contribution in [2.45, 2.75) is 6.54 Å². The number of carbonyl (C=O) groups is 1. The lowest BCUT2D eigenvalue weighted by molar-refractivity contribution is 0.0821. The second-order valence-corrected chi connectivity index (χ2v) is 3.88. The van der Waals surface area contributed by atoms with Crippen molar-refractivity contribution in [1.29, 1.82) is 0 Å². The highest BCUT2D eigenvalue weighted by Crippen LogP contribution is 2.08. The Bertz CT molecular complexity index is 562. The summed E-state index contributed by atoms with van der Waals surface area (Å²) in [6.45, 7) is 0.264. The summed E-state index contributed by atoms with van der Waals surface area (Å²) in [5, 5.41) is 4.18. The molecule has 2 aromatic heterocycles. The molecule has 7 nitrogen and oxygen atoms in total. The van der Waals surface area contributed by atoms with Crippen LogP contribution in [0.25, 0.3) is 5.82 Å². The molecule has 2 N–H and O–H groups in total. The van der Waals surface area contributed by atoms with Gasteiger partial charge in [0.05, 0.1) is 5.69 Å². The summed E-state index contributed by atoms with van der Waals surface area (Å²) in [7, 11) is 3.35. The maximum Gasteiger partial charge on any atom is 0.273 e. The molecule has 0 saturated heterocycles. The Kier molecular flexibility index (Phi) is 3.33. The van der Waals surface area contributed by atoms with Crippen molar-refractivity contribution in [2.24, 2.45) is 5.73 Å². The molecular formula is C11H14N6O. The lowest BCUT2D eigenvalue weighted by Crippen LogP contribution is -2.22. The molecule has 0 aliphatic carbocycles. The van der Waals surface area contributed by atoms with E-state index in [1.165, 1.54) is 9.58 Å². The second-order valence-electron chi connectivity index (χ2n) is 3.88. The van der Waals surface area contributed by atoms with Crippen LogP contribution in [0.2, 0.25) is 0 Å². The predicted octanol–water partition coefficient (Wildman–Crippen LogP) is -0.177. The molecule has 0 fully saturated rings. The third kappa shape index (κ3) is 2.21. The molecule has 0 saturated carbocycles. The first-order valence-corrected chi connectivity index (χ1v) is 5.41. The van der Waals surface area contributed by atoms with Crippen molar-refractivity contribution in [3.63, 3.8) is 0 Å². The highest BCUT2D eigenvalue weighted by Gasteiger charge is 2.13. The maximum absolute atomic E-state index is 11.7. The van der Waals surface area contributed by atoms with E-state index in [4.69, 9.17) is 5.73 Å². The van der Waals surface area contributed by atoms with E-state index < -0.39 is 0 Å². The molecule has 1 amide bonds. The van der Waals surface area contributed by atoms with Crippen molar-refractivity contribution in [3.8, 4) is 5.82 Å². The van der Waals surface area contributed by atoms with Gasteiger partial charge in [0.1, 0.15) is 0 Å². The lowest BCUT2D eigenvalue weighted by atomic mass is 10.4. The van der Waals surface area contributed by atoms with E-state index in [9.17, 15) is 4.79 Å². The number of hydrogen-bond acceptors (Lipinski definition) is 5. The monoisotopic (exact) mass is 246 g/mol. The van der Waals surface area contributed by atoms with Crippen LogP contribution in [0.1, 0.15) is 16.2 Å². The Morgan fingerprint density at radius 3 is 2.78 bits per heavy atom. The van der Waals surface area contributed by atoms with Crippen LogP contribution in [0.3, 0.4) is 0 Å². The molecule has 2 aromatic rings. The molecule has 18 heavy (non-hydrogen) atoms. The van der Waals surface area contributed by atoms with E-state index in [0.29, 0.717) is 17.2 Å². The van der Waals surface area contributed by atoms with E-state index in [1.54, 1.807) is 38.8 Å². The highest BCUT2D eigenvalue weighted by molar-refractivity contribution is 5.91. The Labute approximate surface area is 104 Å². The van der Waals surface area contributed by atoms with E-state index in [-0.39, 0.29) is 12.5 Å². The molecule has 0 unspecified atom stereocenters. The minimum Gasteiger partial charge on any atom is -0.343 e. The van der Waals surface area contributed by atoms with Crippen molar-refractivity contribution in [3.05, 3.63) is 36.0 Å². The third-order valence-corrected chi connectivity index (χ3v) is 2.38. The van der Waals surface area contributed by atoms with Crippen molar-refractivity contribution in [1.82, 2.24) is 24.6 Å². The van der Waals surface area contributed by atoms with Gasteiger partial charge in [-0.15, -0.1) is 0 Å². The summed E-state index contributed by atoms with van der Waals surface area (Å²) in [6, 6.07) is 1.64. The predicted molar refractivity (Wildman–Crippen MR) is 65.1 cm³/mol. The first kappa shape index (κ1) is 12.2. The van der Waals surface area contributed by atoms with Crippen LogP contribution in [0, 0.1) is 0 Å². The fraction of sp³-hybridized carbons (Fsp3) is 0.273. The van der Waals surface area contributed by atoms with E-state index in [1.807, 2.05) is 0 Å². The summed E-state index contributed by atoms with van der Waals surface area (Å²) in [5.41, 5.74) is 6.57. The zero-order valence-electron chi connectivity index (χ0n) is 10.2. The van der Waals surface area contributed by atoms with Gasteiger partial charge in [-0.25, -0.2) is 9.67 Å². The fourth-order valence-corrected chi connectivity index (χ4v) is 1.48. The normalized spacial score (nSPS) is 10.4. The number of nitrogens with zero attached hydrogens (tertiary/aromatic N) is 5. The summed E-state index contributed by atoms with van der Waals surface area (Å²) >= 11 is 0. The standard InChI is InChI=1S/C11H14N6O/c1-16(2)11(18)8-3-6-17(15-8)10-9(7-12)13-4-5-14-10/h3-6H,7,12H2,1-2H3. The highest BCUT2D eigenvalue weighted by atomic mass is 16.2. The molecule has 2 rings (SSSR count).